The summed E-state index contributed by atoms with van der Waals surface area (Å²) in [7, 11) is 0. The molecule has 0 saturated heterocycles. The fourth-order valence-electron chi connectivity index (χ4n) is 6.09. The average Bonchev–Trinajstić information content (AvgIpc) is 3.01. The van der Waals surface area contributed by atoms with E-state index in [1.54, 1.807) is 0 Å². The summed E-state index contributed by atoms with van der Waals surface area (Å²) in [4.78, 5) is 9.95. The Labute approximate surface area is 265 Å². The molecule has 4 aromatic carbocycles. The third-order valence-electron chi connectivity index (χ3n) is 8.50. The first-order chi connectivity index (χ1) is 20.4. The maximum atomic E-state index is 14.8. The molecule has 0 unspecified atom stereocenters. The van der Waals surface area contributed by atoms with Crippen LogP contribution in [-0.4, -0.2) is 9.97 Å². The Hall–Kier alpha value is -2.18. The van der Waals surface area contributed by atoms with Gasteiger partial charge in [-0.2, -0.15) is 0 Å². The predicted octanol–water partition coefficient (Wildman–Crippen LogP) is 12.7. The molecule has 0 aliphatic carbocycles. The van der Waals surface area contributed by atoms with Crippen LogP contribution in [0.5, 0.6) is 0 Å². The van der Waals surface area contributed by atoms with E-state index >= 15 is 0 Å². The van der Waals surface area contributed by atoms with Crippen LogP contribution < -0.4 is 0 Å². The minimum absolute atomic E-state index is 0.000837. The molecule has 0 bridgehead atoms. The van der Waals surface area contributed by atoms with E-state index in [0.717, 1.165) is 58.3 Å². The van der Waals surface area contributed by atoms with E-state index in [-0.39, 0.29) is 8.95 Å². The van der Waals surface area contributed by atoms with Gasteiger partial charge in [0.1, 0.15) is 11.0 Å². The van der Waals surface area contributed by atoms with Crippen LogP contribution in [-0.2, 0) is 12.8 Å². The van der Waals surface area contributed by atoms with Crippen molar-refractivity contribution in [1.29, 1.82) is 0 Å². The van der Waals surface area contributed by atoms with Gasteiger partial charge < -0.3 is 0 Å². The fraction of sp³-hybridized carbons (Fsp3) is 0.444. The van der Waals surface area contributed by atoms with Crippen molar-refractivity contribution in [2.75, 3.05) is 0 Å². The maximum absolute atomic E-state index is 14.8. The van der Waals surface area contributed by atoms with E-state index in [2.05, 4.69) is 82.1 Å². The van der Waals surface area contributed by atoms with Crippen molar-refractivity contribution in [2.45, 2.75) is 104 Å². The molecule has 6 heteroatoms. The molecule has 0 spiro atoms. The normalized spacial score (nSPS) is 12.0. The summed E-state index contributed by atoms with van der Waals surface area (Å²) >= 11 is 6.53. The lowest BCUT2D eigenvalue weighted by molar-refractivity contribution is 0.502. The zero-order valence-electron chi connectivity index (χ0n) is 24.8. The van der Waals surface area contributed by atoms with Gasteiger partial charge in [-0.1, -0.05) is 102 Å². The second-order valence-corrected chi connectivity index (χ2v) is 13.3. The molecule has 42 heavy (non-hydrogen) atoms. The number of nitrogens with zero attached hydrogens (tertiary/aromatic N) is 2. The van der Waals surface area contributed by atoms with Crippen LogP contribution in [0.1, 0.15) is 102 Å². The summed E-state index contributed by atoms with van der Waals surface area (Å²) in [5, 5.41) is 4.24. The second-order valence-electron chi connectivity index (χ2n) is 11.7. The molecule has 0 fully saturated rings. The minimum Gasteiger partial charge on any atom is -0.242 e. The Morgan fingerprint density at radius 2 is 0.881 bits per heavy atom. The Morgan fingerprint density at radius 1 is 0.500 bits per heavy atom. The largest absolute Gasteiger partial charge is 0.242 e. The number of halogens is 4. The highest BCUT2D eigenvalue weighted by Crippen LogP contribution is 2.39. The maximum Gasteiger partial charge on any atom is 0.176 e. The molecule has 1 heterocycles. The van der Waals surface area contributed by atoms with Gasteiger partial charge in [0.05, 0.1) is 20.0 Å². The number of fused-ring (bicyclic) bond motifs is 7. The second kappa shape index (κ2) is 14.5. The van der Waals surface area contributed by atoms with Crippen molar-refractivity contribution in [2.24, 2.45) is 0 Å². The Bertz CT molecular complexity index is 1590. The smallest absolute Gasteiger partial charge is 0.176 e. The Balaban J connectivity index is 1.61. The third kappa shape index (κ3) is 6.65. The summed E-state index contributed by atoms with van der Waals surface area (Å²) in [5.41, 5.74) is 4.63. The molecule has 1 aromatic heterocycles. The van der Waals surface area contributed by atoms with Gasteiger partial charge in [-0.05, 0) is 91.6 Å². The Morgan fingerprint density at radius 3 is 1.29 bits per heavy atom. The molecule has 5 rings (SSSR count). The highest BCUT2D eigenvalue weighted by Gasteiger charge is 2.22. The Kier molecular flexibility index (Phi) is 10.8. The van der Waals surface area contributed by atoms with Gasteiger partial charge in [-0.3, -0.25) is 0 Å². The van der Waals surface area contributed by atoms with Gasteiger partial charge in [-0.25, -0.2) is 18.7 Å². The summed E-state index contributed by atoms with van der Waals surface area (Å²) in [6, 6.07) is 13.4. The highest BCUT2D eigenvalue weighted by molar-refractivity contribution is 9.11. The monoisotopic (exact) mass is 696 g/mol. The van der Waals surface area contributed by atoms with Gasteiger partial charge in [-0.15, -0.1) is 0 Å². The average molecular weight is 699 g/mol. The topological polar surface area (TPSA) is 25.8 Å². The molecular weight excluding hydrogens is 658 g/mol. The molecule has 5 aromatic rings. The molecule has 0 radical (unpaired) electrons. The molecule has 222 valence electrons. The predicted molar refractivity (Wildman–Crippen MR) is 182 cm³/mol. The van der Waals surface area contributed by atoms with Crippen molar-refractivity contribution in [1.82, 2.24) is 9.97 Å². The molecular formula is C36H40Br2F2N2. The van der Waals surface area contributed by atoms with E-state index in [0.29, 0.717) is 11.0 Å². The van der Waals surface area contributed by atoms with Gasteiger partial charge in [0.25, 0.3) is 0 Å². The number of aromatic nitrogens is 2. The van der Waals surface area contributed by atoms with Crippen molar-refractivity contribution in [3.8, 4) is 0 Å². The van der Waals surface area contributed by atoms with E-state index in [4.69, 9.17) is 9.97 Å². The van der Waals surface area contributed by atoms with Gasteiger partial charge in [0.2, 0.25) is 0 Å². The van der Waals surface area contributed by atoms with Gasteiger partial charge in [0, 0.05) is 10.8 Å². The van der Waals surface area contributed by atoms with Crippen LogP contribution in [0.2, 0.25) is 0 Å². The highest BCUT2D eigenvalue weighted by atomic mass is 79.9. The number of unbranched alkanes of at least 4 members (excludes halogenated alkanes) is 10. The molecule has 0 atom stereocenters. The lowest BCUT2D eigenvalue weighted by Crippen LogP contribution is -1.98. The summed E-state index contributed by atoms with van der Waals surface area (Å²) in [6.45, 7) is 4.49. The standard InChI is InChI=1S/C36H40Br2F2N2/c1-3-5-7-9-11-13-15-23-17-19-25-26-20-18-24(16-14-12-10-8-6-4-2)22-28(26)34-33(27(25)21-23)41-35-29(37)31(39)32(40)30(38)36(35)42-34/h17-22H,3-16H2,1-2H3. The van der Waals surface area contributed by atoms with E-state index in [1.165, 1.54) is 75.3 Å². The quantitative estimate of drug-likeness (QED) is 0.0379. The SMILES string of the molecule is CCCCCCCCc1ccc2c3ccc(CCCCCCCC)cc3c3nc4c(Br)c(F)c(F)c(Br)c4nc3c2c1. The van der Waals surface area contributed by atoms with Crippen molar-refractivity contribution in [3.05, 3.63) is 68.1 Å². The number of hydrogen-bond acceptors (Lipinski definition) is 2. The van der Waals surface area contributed by atoms with Crippen LogP contribution in [0.4, 0.5) is 8.78 Å². The van der Waals surface area contributed by atoms with Gasteiger partial charge in [0.15, 0.2) is 11.6 Å². The van der Waals surface area contributed by atoms with E-state index in [1.807, 2.05) is 0 Å². The molecule has 0 saturated carbocycles. The van der Waals surface area contributed by atoms with E-state index in [9.17, 15) is 8.78 Å². The zero-order valence-corrected chi connectivity index (χ0v) is 27.9. The zero-order chi connectivity index (χ0) is 29.6. The number of benzene rings is 4. The lowest BCUT2D eigenvalue weighted by Gasteiger charge is -2.14. The van der Waals surface area contributed by atoms with Crippen LogP contribution in [0.15, 0.2) is 45.3 Å². The van der Waals surface area contributed by atoms with Crippen molar-refractivity contribution >= 4 is 75.5 Å². The lowest BCUT2D eigenvalue weighted by atomic mass is 9.94. The molecule has 0 aliphatic heterocycles. The number of rotatable bonds is 14. The fourth-order valence-corrected chi connectivity index (χ4v) is 6.99. The third-order valence-corrected chi connectivity index (χ3v) is 9.94. The molecule has 0 N–H and O–H groups in total. The number of aryl methyl sites for hydroxylation is 2. The summed E-state index contributed by atoms with van der Waals surface area (Å²) < 4.78 is 29.5. The number of hydrogen-bond donors (Lipinski definition) is 0. The van der Waals surface area contributed by atoms with Crippen LogP contribution in [0, 0.1) is 11.6 Å². The first-order valence-electron chi connectivity index (χ1n) is 15.7. The molecule has 2 nitrogen and oxygen atoms in total. The van der Waals surface area contributed by atoms with Crippen LogP contribution in [0.25, 0.3) is 43.6 Å². The van der Waals surface area contributed by atoms with Crippen molar-refractivity contribution < 1.29 is 8.78 Å². The van der Waals surface area contributed by atoms with Crippen LogP contribution >= 0.6 is 31.9 Å². The van der Waals surface area contributed by atoms with Crippen molar-refractivity contribution in [3.63, 3.8) is 0 Å². The first kappa shape index (κ1) is 31.3. The summed E-state index contributed by atoms with van der Waals surface area (Å²) in [5.74, 6) is -1.92. The van der Waals surface area contributed by atoms with Crippen LogP contribution in [0.3, 0.4) is 0 Å². The first-order valence-corrected chi connectivity index (χ1v) is 17.3. The minimum atomic E-state index is -0.960. The molecule has 0 aliphatic rings. The van der Waals surface area contributed by atoms with E-state index < -0.39 is 11.6 Å². The van der Waals surface area contributed by atoms with Gasteiger partial charge >= 0.3 is 0 Å². The molecule has 0 amide bonds. The summed E-state index contributed by atoms with van der Waals surface area (Å²) in [6.07, 6.45) is 17.1.